The van der Waals surface area contributed by atoms with Crippen molar-refractivity contribution in [2.45, 2.75) is 44.7 Å². The van der Waals surface area contributed by atoms with Gasteiger partial charge in [-0.3, -0.25) is 14.5 Å². The highest BCUT2D eigenvalue weighted by molar-refractivity contribution is 5.92. The molecule has 2 aromatic heterocycles. The third kappa shape index (κ3) is 3.09. The van der Waals surface area contributed by atoms with Gasteiger partial charge in [-0.25, -0.2) is 4.79 Å². The van der Waals surface area contributed by atoms with Crippen molar-refractivity contribution < 1.29 is 9.21 Å². The van der Waals surface area contributed by atoms with E-state index in [2.05, 4.69) is 15.5 Å². The molecule has 0 unspecified atom stereocenters. The van der Waals surface area contributed by atoms with E-state index < -0.39 is 5.76 Å². The molecular formula is C18H20N4O3. The summed E-state index contributed by atoms with van der Waals surface area (Å²) in [6.45, 7) is 2.33. The number of aromatic amines is 1. The number of nitrogens with one attached hydrogen (secondary N) is 2. The summed E-state index contributed by atoms with van der Waals surface area (Å²) in [6, 6.07) is 8.91. The van der Waals surface area contributed by atoms with Crippen LogP contribution in [0.3, 0.4) is 0 Å². The molecule has 1 fully saturated rings. The lowest BCUT2D eigenvalue weighted by Crippen LogP contribution is -2.39. The Kier molecular flexibility index (Phi) is 3.91. The second kappa shape index (κ2) is 6.23. The van der Waals surface area contributed by atoms with E-state index in [0.717, 1.165) is 24.1 Å². The molecule has 1 amide bonds. The summed E-state index contributed by atoms with van der Waals surface area (Å²) in [5, 5.41) is 10.0. The van der Waals surface area contributed by atoms with Gasteiger partial charge in [0.1, 0.15) is 5.69 Å². The number of carbonyl (C=O) groups is 1. The minimum Gasteiger partial charge on any atom is -0.408 e. The van der Waals surface area contributed by atoms with Crippen LogP contribution in [0.25, 0.3) is 11.1 Å². The Morgan fingerprint density at radius 3 is 3.00 bits per heavy atom. The van der Waals surface area contributed by atoms with E-state index in [1.165, 1.54) is 0 Å². The quantitative estimate of drug-likeness (QED) is 0.720. The maximum Gasteiger partial charge on any atom is 0.420 e. The van der Waals surface area contributed by atoms with Crippen molar-refractivity contribution in [3.05, 3.63) is 52.3 Å². The van der Waals surface area contributed by atoms with Crippen LogP contribution in [-0.4, -0.2) is 26.7 Å². The first-order valence-electron chi connectivity index (χ1n) is 8.60. The molecule has 25 heavy (non-hydrogen) atoms. The third-order valence-corrected chi connectivity index (χ3v) is 4.65. The normalized spacial score (nSPS) is 15.4. The third-order valence-electron chi connectivity index (χ3n) is 4.65. The van der Waals surface area contributed by atoms with Crippen LogP contribution in [0.1, 0.15) is 48.3 Å². The number of para-hydroxylation sites is 2. The van der Waals surface area contributed by atoms with Crippen LogP contribution in [0.5, 0.6) is 0 Å². The van der Waals surface area contributed by atoms with E-state index in [-0.39, 0.29) is 11.9 Å². The lowest BCUT2D eigenvalue weighted by atomic mass is 10.2. The zero-order valence-electron chi connectivity index (χ0n) is 14.0. The molecule has 0 aliphatic heterocycles. The Labute approximate surface area is 144 Å². The smallest absolute Gasteiger partial charge is 0.408 e. The van der Waals surface area contributed by atoms with Gasteiger partial charge >= 0.3 is 5.76 Å². The Hall–Kier alpha value is -2.83. The zero-order chi connectivity index (χ0) is 17.4. The van der Waals surface area contributed by atoms with Gasteiger partial charge in [-0.15, -0.1) is 0 Å². The van der Waals surface area contributed by atoms with Gasteiger partial charge < -0.3 is 9.73 Å². The van der Waals surface area contributed by atoms with Crippen molar-refractivity contribution in [1.29, 1.82) is 0 Å². The molecule has 1 aliphatic carbocycles. The van der Waals surface area contributed by atoms with Crippen LogP contribution in [0.2, 0.25) is 0 Å². The van der Waals surface area contributed by atoms with Crippen molar-refractivity contribution >= 4 is 17.0 Å². The van der Waals surface area contributed by atoms with E-state index in [1.54, 1.807) is 10.6 Å². The van der Waals surface area contributed by atoms with E-state index >= 15 is 0 Å². The number of hydrogen-bond donors (Lipinski definition) is 2. The molecule has 2 heterocycles. The molecule has 2 N–H and O–H groups in total. The van der Waals surface area contributed by atoms with Gasteiger partial charge in [0.25, 0.3) is 5.91 Å². The average molecular weight is 340 g/mol. The largest absolute Gasteiger partial charge is 0.420 e. The first-order chi connectivity index (χ1) is 12.2. The molecule has 1 saturated carbocycles. The summed E-state index contributed by atoms with van der Waals surface area (Å²) in [6.07, 6.45) is 2.99. The highest BCUT2D eigenvalue weighted by Crippen LogP contribution is 2.38. The van der Waals surface area contributed by atoms with Gasteiger partial charge in [0.2, 0.25) is 0 Å². The number of benzene rings is 1. The molecule has 130 valence electrons. The summed E-state index contributed by atoms with van der Waals surface area (Å²) in [7, 11) is 0. The van der Waals surface area contributed by atoms with E-state index in [1.807, 2.05) is 31.2 Å². The van der Waals surface area contributed by atoms with Gasteiger partial charge in [-0.05, 0) is 37.5 Å². The number of carbonyl (C=O) groups excluding carboxylic acids is 1. The van der Waals surface area contributed by atoms with Gasteiger partial charge in [0.05, 0.1) is 5.52 Å². The summed E-state index contributed by atoms with van der Waals surface area (Å²) >= 11 is 0. The first-order valence-corrected chi connectivity index (χ1v) is 8.60. The summed E-state index contributed by atoms with van der Waals surface area (Å²) in [5.41, 5.74) is 2.70. The maximum absolute atomic E-state index is 12.4. The number of nitrogens with zero attached hydrogens (tertiary/aromatic N) is 2. The second-order valence-corrected chi connectivity index (χ2v) is 6.51. The van der Waals surface area contributed by atoms with E-state index in [9.17, 15) is 9.59 Å². The molecule has 7 nitrogen and oxygen atoms in total. The molecular weight excluding hydrogens is 320 g/mol. The molecule has 1 atom stereocenters. The second-order valence-electron chi connectivity index (χ2n) is 6.51. The average Bonchev–Trinajstić information content (AvgIpc) is 3.26. The van der Waals surface area contributed by atoms with Crippen molar-refractivity contribution in [3.63, 3.8) is 0 Å². The summed E-state index contributed by atoms with van der Waals surface area (Å²) in [5.74, 6) is -0.118. The van der Waals surface area contributed by atoms with Crippen molar-refractivity contribution in [2.75, 3.05) is 0 Å². The Morgan fingerprint density at radius 1 is 1.44 bits per heavy atom. The topological polar surface area (TPSA) is 92.9 Å². The predicted molar refractivity (Wildman–Crippen MR) is 92.6 cm³/mol. The molecule has 0 radical (unpaired) electrons. The number of hydrogen-bond acceptors (Lipinski definition) is 4. The molecule has 4 rings (SSSR count). The van der Waals surface area contributed by atoms with Crippen LogP contribution in [0.4, 0.5) is 0 Å². The van der Waals surface area contributed by atoms with Gasteiger partial charge in [-0.2, -0.15) is 5.10 Å². The van der Waals surface area contributed by atoms with Crippen LogP contribution in [-0.2, 0) is 6.54 Å². The van der Waals surface area contributed by atoms with Crippen LogP contribution >= 0.6 is 0 Å². The Bertz CT molecular complexity index is 964. The fraction of sp³-hybridized carbons (Fsp3) is 0.389. The Balaban J connectivity index is 1.50. The maximum atomic E-state index is 12.4. The molecule has 1 aliphatic rings. The number of fused-ring (bicyclic) bond motifs is 1. The predicted octanol–water partition coefficient (Wildman–Crippen LogP) is 2.40. The number of rotatable bonds is 6. The van der Waals surface area contributed by atoms with Crippen molar-refractivity contribution in [3.8, 4) is 0 Å². The molecule has 0 spiro atoms. The number of aromatic nitrogens is 3. The molecule has 1 aromatic carbocycles. The fourth-order valence-electron chi connectivity index (χ4n) is 3.00. The van der Waals surface area contributed by atoms with Gasteiger partial charge in [0, 0.05) is 24.2 Å². The molecule has 7 heteroatoms. The molecule has 3 aromatic rings. The monoisotopic (exact) mass is 340 g/mol. The highest BCUT2D eigenvalue weighted by Gasteiger charge is 2.27. The first kappa shape index (κ1) is 15.7. The number of amides is 1. The van der Waals surface area contributed by atoms with Gasteiger partial charge in [-0.1, -0.05) is 19.1 Å². The number of H-pyrrole nitrogens is 1. The summed E-state index contributed by atoms with van der Waals surface area (Å²) in [4.78, 5) is 24.5. The minimum absolute atomic E-state index is 0.188. The summed E-state index contributed by atoms with van der Waals surface area (Å²) < 4.78 is 6.81. The highest BCUT2D eigenvalue weighted by atomic mass is 16.4. The van der Waals surface area contributed by atoms with E-state index in [0.29, 0.717) is 30.2 Å². The lowest BCUT2D eigenvalue weighted by molar-refractivity contribution is 0.0926. The van der Waals surface area contributed by atoms with Crippen molar-refractivity contribution in [1.82, 2.24) is 20.1 Å². The molecule has 0 saturated heterocycles. The standard InChI is InChI=1S/C18H20N4O3/c1-2-12(10-22-15-5-3-4-6-16(15)25-18(22)24)19-17(23)14-9-13(20-21-14)11-7-8-11/h3-6,9,11-12H,2,7-8,10H2,1H3,(H,19,23)(H,20,21)/t12-/m1/s1. The Morgan fingerprint density at radius 2 is 2.24 bits per heavy atom. The van der Waals surface area contributed by atoms with Crippen LogP contribution < -0.4 is 11.1 Å². The fourth-order valence-corrected chi connectivity index (χ4v) is 3.00. The van der Waals surface area contributed by atoms with Crippen molar-refractivity contribution in [2.24, 2.45) is 0 Å². The van der Waals surface area contributed by atoms with Crippen LogP contribution in [0, 0.1) is 0 Å². The zero-order valence-corrected chi connectivity index (χ0v) is 14.0. The van der Waals surface area contributed by atoms with E-state index in [4.69, 9.17) is 4.42 Å². The minimum atomic E-state index is -0.412. The molecule has 0 bridgehead atoms. The number of oxazole rings is 1. The lowest BCUT2D eigenvalue weighted by Gasteiger charge is -2.16. The van der Waals surface area contributed by atoms with Crippen LogP contribution in [0.15, 0.2) is 39.5 Å². The van der Waals surface area contributed by atoms with Gasteiger partial charge in [0.15, 0.2) is 5.58 Å². The SMILES string of the molecule is CC[C@H](Cn1c(=O)oc2ccccc21)NC(=O)c1cc(C2CC2)[nH]n1.